The lowest BCUT2D eigenvalue weighted by atomic mass is 9.98. The third-order valence-corrected chi connectivity index (χ3v) is 2.65. The van der Waals surface area contributed by atoms with Gasteiger partial charge in [-0.05, 0) is 30.9 Å². The van der Waals surface area contributed by atoms with Crippen molar-refractivity contribution < 1.29 is 0 Å². The molecule has 1 aliphatic rings. The third-order valence-electron chi connectivity index (χ3n) is 2.65. The predicted octanol–water partition coefficient (Wildman–Crippen LogP) is 2.29. The molecule has 2 rings (SSSR count). The van der Waals surface area contributed by atoms with Gasteiger partial charge in [0.25, 0.3) is 0 Å². The summed E-state index contributed by atoms with van der Waals surface area (Å²) >= 11 is 0. The molecule has 4 nitrogen and oxygen atoms in total. The van der Waals surface area contributed by atoms with E-state index in [0.717, 1.165) is 31.4 Å². The van der Waals surface area contributed by atoms with Crippen LogP contribution in [0.4, 0.5) is 0 Å². The normalized spacial score (nSPS) is 22.0. The summed E-state index contributed by atoms with van der Waals surface area (Å²) in [5.74, 6) is 0. The maximum atomic E-state index is 10.6. The second kappa shape index (κ2) is 4.17. The van der Waals surface area contributed by atoms with E-state index in [1.54, 1.807) is 11.2 Å². The fourth-order valence-corrected chi connectivity index (χ4v) is 1.93. The van der Waals surface area contributed by atoms with Gasteiger partial charge in [0.15, 0.2) is 0 Å². The van der Waals surface area contributed by atoms with Gasteiger partial charge in [-0.15, -0.1) is 4.91 Å². The summed E-state index contributed by atoms with van der Waals surface area (Å²) in [6.45, 7) is 0.767. The van der Waals surface area contributed by atoms with E-state index < -0.39 is 0 Å². The van der Waals surface area contributed by atoms with Crippen LogP contribution in [0, 0.1) is 4.91 Å². The first-order valence-corrected chi connectivity index (χ1v) is 4.91. The molecule has 0 bridgehead atoms. The van der Waals surface area contributed by atoms with Gasteiger partial charge in [-0.3, -0.25) is 9.99 Å². The number of rotatable bonds is 2. The van der Waals surface area contributed by atoms with Gasteiger partial charge in [0.2, 0.25) is 0 Å². The summed E-state index contributed by atoms with van der Waals surface area (Å²) in [5, 5.41) is 4.69. The first-order valence-electron chi connectivity index (χ1n) is 4.91. The molecule has 0 amide bonds. The van der Waals surface area contributed by atoms with Crippen LogP contribution in [0.25, 0.3) is 0 Å². The van der Waals surface area contributed by atoms with Crippen LogP contribution in [0.1, 0.15) is 30.9 Å². The van der Waals surface area contributed by atoms with Gasteiger partial charge in [0.1, 0.15) is 0 Å². The second-order valence-electron chi connectivity index (χ2n) is 3.54. The van der Waals surface area contributed by atoms with Crippen molar-refractivity contribution in [3.8, 4) is 0 Å². The quantitative estimate of drug-likeness (QED) is 0.674. The van der Waals surface area contributed by atoms with Gasteiger partial charge in [-0.25, -0.2) is 0 Å². The topological polar surface area (TPSA) is 45.6 Å². The van der Waals surface area contributed by atoms with Crippen molar-refractivity contribution in [2.45, 2.75) is 25.3 Å². The molecular weight excluding hydrogens is 178 g/mol. The molecule has 0 radical (unpaired) electrons. The summed E-state index contributed by atoms with van der Waals surface area (Å²) in [5.41, 5.74) is 1.09. The smallest absolute Gasteiger partial charge is 0.0766 e. The fraction of sp³-hybridized carbons (Fsp3) is 0.500. The fourth-order valence-electron chi connectivity index (χ4n) is 1.93. The predicted molar refractivity (Wildman–Crippen MR) is 53.3 cm³/mol. The zero-order valence-electron chi connectivity index (χ0n) is 7.97. The summed E-state index contributed by atoms with van der Waals surface area (Å²) in [6, 6.07) is 4.03. The number of hydrogen-bond acceptors (Lipinski definition) is 3. The van der Waals surface area contributed by atoms with Gasteiger partial charge in [-0.1, -0.05) is 6.07 Å². The van der Waals surface area contributed by atoms with E-state index in [1.165, 1.54) is 0 Å². The van der Waals surface area contributed by atoms with Crippen LogP contribution in [-0.4, -0.2) is 16.5 Å². The molecule has 0 saturated carbocycles. The maximum absolute atomic E-state index is 10.6. The van der Waals surface area contributed by atoms with Crippen LogP contribution in [-0.2, 0) is 0 Å². The van der Waals surface area contributed by atoms with Gasteiger partial charge >= 0.3 is 0 Å². The van der Waals surface area contributed by atoms with Crippen molar-refractivity contribution in [1.29, 1.82) is 0 Å². The summed E-state index contributed by atoms with van der Waals surface area (Å²) in [7, 11) is 0. The Hall–Kier alpha value is -1.45. The Bertz CT molecular complexity index is 301. The minimum absolute atomic E-state index is 0.134. The molecule has 74 valence electrons. The zero-order valence-corrected chi connectivity index (χ0v) is 7.97. The number of nitroso groups, excluding NO2 is 1. The van der Waals surface area contributed by atoms with Crippen molar-refractivity contribution >= 4 is 0 Å². The van der Waals surface area contributed by atoms with Crippen molar-refractivity contribution in [3.05, 3.63) is 35.0 Å². The number of pyridine rings is 1. The highest BCUT2D eigenvalue weighted by Crippen LogP contribution is 2.30. The molecular formula is C10H13N3O. The van der Waals surface area contributed by atoms with E-state index >= 15 is 0 Å². The van der Waals surface area contributed by atoms with Crippen LogP contribution in [0.3, 0.4) is 0 Å². The lowest BCUT2D eigenvalue weighted by Gasteiger charge is -2.30. The standard InChI is InChI=1S/C10H13N3O/c14-12-13-7-2-1-5-10(13)9-4-3-6-11-8-9/h3-4,6,8,10H,1-2,5,7H2. The second-order valence-corrected chi connectivity index (χ2v) is 3.54. The summed E-state index contributed by atoms with van der Waals surface area (Å²) in [4.78, 5) is 14.7. The molecule has 1 saturated heterocycles. The monoisotopic (exact) mass is 191 g/mol. The van der Waals surface area contributed by atoms with E-state index in [4.69, 9.17) is 0 Å². The van der Waals surface area contributed by atoms with Crippen molar-refractivity contribution in [3.63, 3.8) is 0 Å². The van der Waals surface area contributed by atoms with Gasteiger partial charge in [-0.2, -0.15) is 0 Å². The molecule has 1 aromatic rings. The van der Waals surface area contributed by atoms with Crippen LogP contribution in [0.2, 0.25) is 0 Å². The zero-order chi connectivity index (χ0) is 9.80. The number of aromatic nitrogens is 1. The average Bonchev–Trinajstić information content (AvgIpc) is 2.30. The van der Waals surface area contributed by atoms with Crippen molar-refractivity contribution in [2.24, 2.45) is 5.29 Å². The van der Waals surface area contributed by atoms with Gasteiger partial charge in [0.05, 0.1) is 11.3 Å². The molecule has 1 unspecified atom stereocenters. The molecule has 1 aromatic heterocycles. The summed E-state index contributed by atoms with van der Waals surface area (Å²) in [6.07, 6.45) is 6.77. The molecule has 14 heavy (non-hydrogen) atoms. The first kappa shape index (κ1) is 9.12. The molecule has 0 aliphatic carbocycles. The van der Waals surface area contributed by atoms with Crippen LogP contribution in [0.15, 0.2) is 29.8 Å². The minimum Gasteiger partial charge on any atom is -0.264 e. The molecule has 0 aromatic carbocycles. The largest absolute Gasteiger partial charge is 0.264 e. The van der Waals surface area contributed by atoms with Gasteiger partial charge < -0.3 is 0 Å². The van der Waals surface area contributed by atoms with E-state index in [0.29, 0.717) is 0 Å². The lowest BCUT2D eigenvalue weighted by Crippen LogP contribution is -2.28. The van der Waals surface area contributed by atoms with E-state index in [1.807, 2.05) is 18.3 Å². The molecule has 1 aliphatic heterocycles. The summed E-state index contributed by atoms with van der Waals surface area (Å²) < 4.78 is 0. The number of nitrogens with zero attached hydrogens (tertiary/aromatic N) is 3. The van der Waals surface area contributed by atoms with E-state index in [2.05, 4.69) is 10.3 Å². The Morgan fingerprint density at radius 2 is 2.43 bits per heavy atom. The van der Waals surface area contributed by atoms with Crippen molar-refractivity contribution in [1.82, 2.24) is 9.99 Å². The molecule has 2 heterocycles. The van der Waals surface area contributed by atoms with Crippen LogP contribution in [0.5, 0.6) is 0 Å². The Morgan fingerprint density at radius 3 is 3.14 bits per heavy atom. The highest BCUT2D eigenvalue weighted by atomic mass is 16.3. The van der Waals surface area contributed by atoms with E-state index in [-0.39, 0.29) is 6.04 Å². The number of hydrogen-bond donors (Lipinski definition) is 0. The number of piperidine rings is 1. The average molecular weight is 191 g/mol. The Balaban J connectivity index is 2.19. The SMILES string of the molecule is O=NN1CCCCC1c1cccnc1. The third kappa shape index (κ3) is 1.73. The molecule has 0 spiro atoms. The van der Waals surface area contributed by atoms with Crippen LogP contribution >= 0.6 is 0 Å². The van der Waals surface area contributed by atoms with Gasteiger partial charge in [0, 0.05) is 18.9 Å². The molecule has 0 N–H and O–H groups in total. The Morgan fingerprint density at radius 1 is 1.50 bits per heavy atom. The molecule has 1 atom stereocenters. The Labute approximate surface area is 82.9 Å². The highest BCUT2D eigenvalue weighted by Gasteiger charge is 2.23. The minimum atomic E-state index is 0.134. The molecule has 4 heteroatoms. The highest BCUT2D eigenvalue weighted by molar-refractivity contribution is 5.14. The lowest BCUT2D eigenvalue weighted by molar-refractivity contribution is 0.152. The van der Waals surface area contributed by atoms with Crippen LogP contribution < -0.4 is 0 Å². The molecule has 1 fully saturated rings. The maximum Gasteiger partial charge on any atom is 0.0766 e. The van der Waals surface area contributed by atoms with Crippen molar-refractivity contribution in [2.75, 3.05) is 6.54 Å². The van der Waals surface area contributed by atoms with E-state index in [9.17, 15) is 4.91 Å². The first-order chi connectivity index (χ1) is 6.92. The Kier molecular flexibility index (Phi) is 2.72.